The maximum atomic E-state index is 9.40. The van der Waals surface area contributed by atoms with Crippen LogP contribution in [0.25, 0.3) is 20.9 Å². The molecule has 0 N–H and O–H groups in total. The van der Waals surface area contributed by atoms with Gasteiger partial charge in [-0.15, -0.1) is 11.8 Å². The first-order chi connectivity index (χ1) is 20.5. The minimum absolute atomic E-state index is 0.280. The molecule has 2 aromatic rings. The van der Waals surface area contributed by atoms with Crippen molar-refractivity contribution in [2.45, 2.75) is 94.4 Å². The van der Waals surface area contributed by atoms with Gasteiger partial charge in [0, 0.05) is 16.9 Å². The molecule has 0 aliphatic carbocycles. The van der Waals surface area contributed by atoms with E-state index in [-0.39, 0.29) is 13.2 Å². The van der Waals surface area contributed by atoms with Crippen LogP contribution < -0.4 is 0 Å². The van der Waals surface area contributed by atoms with Crippen molar-refractivity contribution in [1.29, 1.82) is 0 Å². The first-order valence-electron chi connectivity index (χ1n) is 14.0. The Morgan fingerprint density at radius 3 is 1.74 bits per heavy atom. The van der Waals surface area contributed by atoms with Crippen LogP contribution in [0.2, 0.25) is 0 Å². The molecule has 2 aliphatic rings. The number of methoxy groups -OCH3 is 1. The van der Waals surface area contributed by atoms with Gasteiger partial charge in [0.05, 0.1) is 43.6 Å². The van der Waals surface area contributed by atoms with Gasteiger partial charge >= 0.3 is 0 Å². The molecule has 12 nitrogen and oxygen atoms in total. The molecular weight excluding hydrogens is 560 g/mol. The van der Waals surface area contributed by atoms with Crippen LogP contribution in [0, 0.1) is 0 Å². The summed E-state index contributed by atoms with van der Waals surface area (Å²) in [5, 5.41) is 8.05. The average molecular weight is 599 g/mol. The molecule has 0 bridgehead atoms. The summed E-state index contributed by atoms with van der Waals surface area (Å²) in [4.78, 5) is 6.13. The molecule has 0 amide bonds. The molecule has 2 saturated heterocycles. The predicted octanol–water partition coefficient (Wildman–Crippen LogP) is 6.16. The minimum Gasteiger partial charge on any atom is -0.373 e. The lowest BCUT2D eigenvalue weighted by Crippen LogP contribution is -2.63. The van der Waals surface area contributed by atoms with E-state index in [1.807, 2.05) is 81.4 Å². The van der Waals surface area contributed by atoms with Crippen LogP contribution in [0.15, 0.2) is 70.9 Å². The number of hydrogen-bond donors (Lipinski definition) is 0. The Hall–Kier alpha value is -2.83. The van der Waals surface area contributed by atoms with Crippen molar-refractivity contribution in [2.75, 3.05) is 12.9 Å². The summed E-state index contributed by atoms with van der Waals surface area (Å²) in [7, 11) is 1.54. The van der Waals surface area contributed by atoms with E-state index in [2.05, 4.69) is 20.1 Å². The molecule has 0 unspecified atom stereocenters. The second-order valence-corrected chi connectivity index (χ2v) is 11.5. The Morgan fingerprint density at radius 1 is 0.762 bits per heavy atom. The average Bonchev–Trinajstić information content (AvgIpc) is 3.00. The van der Waals surface area contributed by atoms with Gasteiger partial charge in [0.25, 0.3) is 0 Å². The van der Waals surface area contributed by atoms with Gasteiger partial charge < -0.3 is 28.4 Å². The summed E-state index contributed by atoms with van der Waals surface area (Å²) in [5.74, 6) is 0.756. The summed E-state index contributed by atoms with van der Waals surface area (Å²) in [6.45, 7) is 6.28. The van der Waals surface area contributed by atoms with Crippen molar-refractivity contribution in [3.8, 4) is 0 Å². The quantitative estimate of drug-likeness (QED) is 0.152. The summed E-state index contributed by atoms with van der Waals surface area (Å²) in [5.41, 5.74) is 20.2. The lowest BCUT2D eigenvalue weighted by Gasteiger charge is -2.48. The van der Waals surface area contributed by atoms with Crippen LogP contribution in [0.5, 0.6) is 0 Å². The summed E-state index contributed by atoms with van der Waals surface area (Å²) < 4.78 is 38.0. The van der Waals surface area contributed by atoms with E-state index in [1.165, 1.54) is 7.11 Å². The summed E-state index contributed by atoms with van der Waals surface area (Å²) in [6.07, 6.45) is -4.64. The van der Waals surface area contributed by atoms with Crippen LogP contribution >= 0.6 is 11.8 Å². The SMILES string of the molecule is CCS[C@H]1O[C@H](C)[C@@H](N=[N+]=[N-])[C@H](OCc2ccccc2)[C@@H]1O[C@H]1O[C@H](C)[C@@H](N=[N+]=[N-])[C@H](OCc2ccccc2)[C@@H]1OC. The molecule has 2 aromatic carbocycles. The van der Waals surface area contributed by atoms with Gasteiger partial charge in [0.1, 0.15) is 23.7 Å². The number of nitrogens with zero attached hydrogens (tertiary/aromatic N) is 6. The fraction of sp³-hybridized carbons (Fsp3) is 0.586. The topological polar surface area (TPSA) is 153 Å². The van der Waals surface area contributed by atoms with E-state index >= 15 is 0 Å². The van der Waals surface area contributed by atoms with E-state index in [1.54, 1.807) is 11.8 Å². The number of azide groups is 2. The Labute approximate surface area is 250 Å². The molecule has 13 heteroatoms. The highest BCUT2D eigenvalue weighted by Gasteiger charge is 2.51. The van der Waals surface area contributed by atoms with E-state index in [4.69, 9.17) is 28.4 Å². The third kappa shape index (κ3) is 7.96. The van der Waals surface area contributed by atoms with E-state index in [0.717, 1.165) is 16.9 Å². The maximum absolute atomic E-state index is 9.40. The fourth-order valence-electron chi connectivity index (χ4n) is 5.28. The third-order valence-corrected chi connectivity index (χ3v) is 8.39. The van der Waals surface area contributed by atoms with Crippen molar-refractivity contribution in [1.82, 2.24) is 0 Å². The maximum Gasteiger partial charge on any atom is 0.187 e. The Balaban J connectivity index is 1.63. The van der Waals surface area contributed by atoms with Gasteiger partial charge in [0.2, 0.25) is 0 Å². The van der Waals surface area contributed by atoms with E-state index < -0.39 is 60.4 Å². The normalized spacial score (nSPS) is 32.9. The van der Waals surface area contributed by atoms with E-state index in [0.29, 0.717) is 0 Å². The largest absolute Gasteiger partial charge is 0.373 e. The van der Waals surface area contributed by atoms with Gasteiger partial charge in [-0.05, 0) is 41.8 Å². The zero-order valence-electron chi connectivity index (χ0n) is 24.2. The van der Waals surface area contributed by atoms with Gasteiger partial charge in [-0.25, -0.2) is 0 Å². The zero-order chi connectivity index (χ0) is 29.9. The molecule has 2 fully saturated rings. The monoisotopic (exact) mass is 598 g/mol. The van der Waals surface area contributed by atoms with Crippen LogP contribution in [0.3, 0.4) is 0 Å². The number of ether oxygens (including phenoxy) is 6. The van der Waals surface area contributed by atoms with Crippen molar-refractivity contribution < 1.29 is 28.4 Å². The van der Waals surface area contributed by atoms with Gasteiger partial charge in [-0.3, -0.25) is 0 Å². The van der Waals surface area contributed by atoms with Gasteiger partial charge in [-0.2, -0.15) is 0 Å². The zero-order valence-corrected chi connectivity index (χ0v) is 25.0. The number of thioether (sulfide) groups is 1. The van der Waals surface area contributed by atoms with Crippen molar-refractivity contribution in [2.24, 2.45) is 10.2 Å². The highest BCUT2D eigenvalue weighted by Crippen LogP contribution is 2.37. The smallest absolute Gasteiger partial charge is 0.187 e. The third-order valence-electron chi connectivity index (χ3n) is 7.35. The Bertz CT molecular complexity index is 1200. The molecule has 0 spiro atoms. The lowest BCUT2D eigenvalue weighted by atomic mass is 9.95. The Kier molecular flexibility index (Phi) is 12.3. The van der Waals surface area contributed by atoms with Crippen molar-refractivity contribution in [3.63, 3.8) is 0 Å². The molecule has 4 rings (SSSR count). The van der Waals surface area contributed by atoms with Gasteiger partial charge in [-0.1, -0.05) is 77.8 Å². The molecule has 0 saturated carbocycles. The lowest BCUT2D eigenvalue weighted by molar-refractivity contribution is -0.318. The molecule has 0 aromatic heterocycles. The second kappa shape index (κ2) is 16.1. The molecule has 2 heterocycles. The number of benzene rings is 2. The molecule has 42 heavy (non-hydrogen) atoms. The first-order valence-corrected chi connectivity index (χ1v) is 15.1. The highest BCUT2D eigenvalue weighted by atomic mass is 32.2. The highest BCUT2D eigenvalue weighted by molar-refractivity contribution is 7.99. The molecular formula is C29H38N6O6S. The minimum atomic E-state index is -0.924. The molecule has 0 radical (unpaired) electrons. The van der Waals surface area contributed by atoms with Crippen LogP contribution in [0.4, 0.5) is 0 Å². The standard InChI is InChI=1S/C29H38N6O6S/c1-5-42-29-27(25(23(33-35-31)19(3)40-29)38-17-21-14-10-7-11-15-21)41-28-26(36-4)24(22(32-34-30)18(2)39-28)37-16-20-12-8-6-9-13-20/h6-15,18-19,22-29H,5,16-17H2,1-4H3/t18-,19-,22-,23-,24+,25+,26+,27+,28-,29-/m1/s1. The predicted molar refractivity (Wildman–Crippen MR) is 158 cm³/mol. The fourth-order valence-corrected chi connectivity index (χ4v) is 6.27. The van der Waals surface area contributed by atoms with E-state index in [9.17, 15) is 11.1 Å². The second-order valence-electron chi connectivity index (χ2n) is 10.1. The van der Waals surface area contributed by atoms with Crippen LogP contribution in [0.1, 0.15) is 31.9 Å². The van der Waals surface area contributed by atoms with Crippen molar-refractivity contribution in [3.05, 3.63) is 92.7 Å². The molecule has 226 valence electrons. The number of hydrogen-bond acceptors (Lipinski definition) is 9. The molecule has 10 atom stereocenters. The summed E-state index contributed by atoms with van der Waals surface area (Å²) >= 11 is 1.57. The summed E-state index contributed by atoms with van der Waals surface area (Å²) in [6, 6.07) is 18.2. The van der Waals surface area contributed by atoms with Crippen LogP contribution in [-0.2, 0) is 41.6 Å². The first kappa shape index (κ1) is 32.1. The molecule has 2 aliphatic heterocycles. The Morgan fingerprint density at radius 2 is 1.26 bits per heavy atom. The van der Waals surface area contributed by atoms with Crippen molar-refractivity contribution >= 4 is 11.8 Å². The van der Waals surface area contributed by atoms with Gasteiger partial charge in [0.15, 0.2) is 6.29 Å². The van der Waals surface area contributed by atoms with Crippen LogP contribution in [-0.4, -0.2) is 73.3 Å². The number of rotatable bonds is 13.